The predicted molar refractivity (Wildman–Crippen MR) is 68.9 cm³/mol. The van der Waals surface area contributed by atoms with Crippen molar-refractivity contribution in [1.29, 1.82) is 0 Å². The van der Waals surface area contributed by atoms with Crippen LogP contribution in [0.3, 0.4) is 0 Å². The summed E-state index contributed by atoms with van der Waals surface area (Å²) in [5.41, 5.74) is 1.88. The molecule has 4 heteroatoms. The maximum absolute atomic E-state index is 5.24. The topological polar surface area (TPSA) is 34.1 Å². The van der Waals surface area contributed by atoms with Crippen LogP contribution < -0.4 is 5.32 Å². The first-order valence-corrected chi connectivity index (χ1v) is 6.79. The molecule has 1 rings (SSSR count). The van der Waals surface area contributed by atoms with Gasteiger partial charge in [-0.3, -0.25) is 4.98 Å². The average molecular weight is 242 g/mol. The molecule has 2 atom stereocenters. The highest BCUT2D eigenvalue weighted by Gasteiger charge is 2.13. The van der Waals surface area contributed by atoms with Gasteiger partial charge in [0, 0.05) is 30.3 Å². The minimum absolute atomic E-state index is 0.365. The first-order chi connectivity index (χ1) is 7.77. The highest BCUT2D eigenvalue weighted by atomic mass is 32.1. The number of nitrogens with zero attached hydrogens (tertiary/aromatic N) is 1. The number of thiazole rings is 1. The minimum atomic E-state index is 0.365. The molecule has 2 unspecified atom stereocenters. The van der Waals surface area contributed by atoms with Crippen molar-refractivity contribution in [3.05, 3.63) is 16.6 Å². The van der Waals surface area contributed by atoms with Crippen LogP contribution in [0.15, 0.2) is 11.7 Å². The summed E-state index contributed by atoms with van der Waals surface area (Å²) in [5.74, 6) is 0. The van der Waals surface area contributed by atoms with Gasteiger partial charge in [-0.15, -0.1) is 11.3 Å². The smallest absolute Gasteiger partial charge is 0.0794 e. The Morgan fingerprint density at radius 3 is 2.94 bits per heavy atom. The van der Waals surface area contributed by atoms with Gasteiger partial charge in [0.1, 0.15) is 0 Å². The molecule has 1 heterocycles. The van der Waals surface area contributed by atoms with Gasteiger partial charge in [0.15, 0.2) is 0 Å². The summed E-state index contributed by atoms with van der Waals surface area (Å²) < 4.78 is 5.24. The van der Waals surface area contributed by atoms with Gasteiger partial charge in [0.2, 0.25) is 0 Å². The zero-order valence-corrected chi connectivity index (χ0v) is 11.2. The number of hydrogen-bond donors (Lipinski definition) is 1. The lowest BCUT2D eigenvalue weighted by Gasteiger charge is -2.21. The average Bonchev–Trinajstić information content (AvgIpc) is 2.79. The van der Waals surface area contributed by atoms with Crippen molar-refractivity contribution in [2.75, 3.05) is 13.7 Å². The first kappa shape index (κ1) is 13.6. The van der Waals surface area contributed by atoms with Gasteiger partial charge in [0.25, 0.3) is 0 Å². The van der Waals surface area contributed by atoms with Crippen molar-refractivity contribution in [2.24, 2.45) is 0 Å². The van der Waals surface area contributed by atoms with Crippen LogP contribution in [-0.2, 0) is 4.74 Å². The van der Waals surface area contributed by atoms with E-state index in [-0.39, 0.29) is 0 Å². The van der Waals surface area contributed by atoms with Gasteiger partial charge in [-0.1, -0.05) is 19.8 Å². The summed E-state index contributed by atoms with van der Waals surface area (Å²) >= 11 is 1.70. The molecule has 1 aromatic heterocycles. The molecule has 0 bridgehead atoms. The fourth-order valence-electron chi connectivity index (χ4n) is 1.74. The molecule has 0 fully saturated rings. The Morgan fingerprint density at radius 1 is 1.56 bits per heavy atom. The van der Waals surface area contributed by atoms with E-state index in [2.05, 4.69) is 24.1 Å². The molecule has 0 aliphatic rings. The van der Waals surface area contributed by atoms with E-state index in [1.165, 1.54) is 24.1 Å². The Hall–Kier alpha value is -0.450. The fourth-order valence-corrected chi connectivity index (χ4v) is 2.38. The third-order valence-electron chi connectivity index (χ3n) is 2.64. The Morgan fingerprint density at radius 2 is 2.38 bits per heavy atom. The summed E-state index contributed by atoms with van der Waals surface area (Å²) in [6.45, 7) is 5.18. The molecule has 16 heavy (non-hydrogen) atoms. The van der Waals surface area contributed by atoms with Gasteiger partial charge in [-0.25, -0.2) is 0 Å². The molecule has 0 aliphatic carbocycles. The maximum Gasteiger partial charge on any atom is 0.0794 e. The van der Waals surface area contributed by atoms with E-state index in [0.29, 0.717) is 12.1 Å². The second-order valence-electron chi connectivity index (χ2n) is 4.09. The lowest BCUT2D eigenvalue weighted by molar-refractivity contribution is 0.156. The van der Waals surface area contributed by atoms with Gasteiger partial charge in [-0.2, -0.15) is 0 Å². The fraction of sp³-hybridized carbons (Fsp3) is 0.750. The number of nitrogens with one attached hydrogen (secondary N) is 1. The van der Waals surface area contributed by atoms with Crippen molar-refractivity contribution >= 4 is 11.3 Å². The third kappa shape index (κ3) is 4.60. The highest BCUT2D eigenvalue weighted by Crippen LogP contribution is 2.17. The van der Waals surface area contributed by atoms with E-state index in [1.807, 2.05) is 11.7 Å². The van der Waals surface area contributed by atoms with Crippen LogP contribution in [0.1, 0.15) is 44.0 Å². The quantitative estimate of drug-likeness (QED) is 0.761. The van der Waals surface area contributed by atoms with Crippen LogP contribution in [-0.4, -0.2) is 24.7 Å². The van der Waals surface area contributed by atoms with Crippen LogP contribution in [0.4, 0.5) is 0 Å². The van der Waals surface area contributed by atoms with E-state index in [1.54, 1.807) is 18.4 Å². The van der Waals surface area contributed by atoms with E-state index >= 15 is 0 Å². The molecule has 0 amide bonds. The van der Waals surface area contributed by atoms with Gasteiger partial charge in [0.05, 0.1) is 12.1 Å². The molecule has 0 saturated heterocycles. The van der Waals surface area contributed by atoms with Crippen molar-refractivity contribution in [2.45, 2.75) is 45.2 Å². The van der Waals surface area contributed by atoms with Gasteiger partial charge in [-0.05, 0) is 13.3 Å². The molecule has 0 spiro atoms. The number of rotatable bonds is 8. The zero-order valence-electron chi connectivity index (χ0n) is 10.4. The maximum atomic E-state index is 5.24. The molecule has 1 aromatic rings. The molecule has 3 nitrogen and oxygen atoms in total. The predicted octanol–water partition coefficient (Wildman–Crippen LogP) is 3.00. The number of hydrogen-bond acceptors (Lipinski definition) is 4. The molecular weight excluding hydrogens is 220 g/mol. The van der Waals surface area contributed by atoms with E-state index < -0.39 is 0 Å². The second-order valence-corrected chi connectivity index (χ2v) is 5.00. The lowest BCUT2D eigenvalue weighted by atomic mass is 10.1. The van der Waals surface area contributed by atoms with Crippen LogP contribution in [0, 0.1) is 0 Å². The van der Waals surface area contributed by atoms with Crippen LogP contribution >= 0.6 is 11.3 Å². The van der Waals surface area contributed by atoms with Crippen molar-refractivity contribution in [3.8, 4) is 0 Å². The molecular formula is C12H22N2OS. The van der Waals surface area contributed by atoms with E-state index in [9.17, 15) is 0 Å². The number of aromatic nitrogens is 1. The van der Waals surface area contributed by atoms with Crippen molar-refractivity contribution in [1.82, 2.24) is 10.3 Å². The summed E-state index contributed by atoms with van der Waals surface area (Å²) in [6, 6.07) is 0.812. The first-order valence-electron chi connectivity index (χ1n) is 5.91. The monoisotopic (exact) mass is 242 g/mol. The summed E-state index contributed by atoms with van der Waals surface area (Å²) in [4.78, 5) is 5.40. The lowest BCUT2D eigenvalue weighted by Crippen LogP contribution is -2.34. The van der Waals surface area contributed by atoms with Crippen molar-refractivity contribution < 1.29 is 4.74 Å². The minimum Gasteiger partial charge on any atom is -0.383 e. The van der Waals surface area contributed by atoms with Crippen LogP contribution in [0.5, 0.6) is 0 Å². The zero-order chi connectivity index (χ0) is 11.8. The normalized spacial score (nSPS) is 14.9. The summed E-state index contributed by atoms with van der Waals surface area (Å²) in [6.07, 6.45) is 5.59. The third-order valence-corrected chi connectivity index (χ3v) is 3.60. The number of ether oxygens (including phenoxy) is 1. The molecule has 92 valence electrons. The standard InChI is InChI=1S/C12H22N2OS/c1-4-5-6-11(8-15-3)14-10(2)12-7-13-9-16-12/h7,9-11,14H,4-6,8H2,1-3H3. The Labute approximate surface area is 102 Å². The summed E-state index contributed by atoms with van der Waals surface area (Å²) in [5, 5.41) is 3.60. The van der Waals surface area contributed by atoms with E-state index in [4.69, 9.17) is 4.74 Å². The number of methoxy groups -OCH3 is 1. The second kappa shape index (κ2) is 7.76. The Balaban J connectivity index is 2.40. The van der Waals surface area contributed by atoms with Crippen molar-refractivity contribution in [3.63, 3.8) is 0 Å². The van der Waals surface area contributed by atoms with Gasteiger partial charge < -0.3 is 10.1 Å². The Bertz CT molecular complexity index is 264. The SMILES string of the molecule is CCCCC(COC)NC(C)c1cncs1. The number of unbranched alkanes of at least 4 members (excludes halogenated alkanes) is 1. The largest absolute Gasteiger partial charge is 0.383 e. The molecule has 0 aromatic carbocycles. The van der Waals surface area contributed by atoms with Crippen LogP contribution in [0.25, 0.3) is 0 Å². The van der Waals surface area contributed by atoms with Gasteiger partial charge >= 0.3 is 0 Å². The molecule has 0 radical (unpaired) electrons. The molecule has 0 aliphatic heterocycles. The Kier molecular flexibility index (Phi) is 6.61. The van der Waals surface area contributed by atoms with E-state index in [0.717, 1.165) is 6.61 Å². The summed E-state index contributed by atoms with van der Waals surface area (Å²) in [7, 11) is 1.76. The van der Waals surface area contributed by atoms with Crippen LogP contribution in [0.2, 0.25) is 0 Å². The molecule has 0 saturated carbocycles. The highest BCUT2D eigenvalue weighted by molar-refractivity contribution is 7.09. The molecule has 1 N–H and O–H groups in total.